The lowest BCUT2D eigenvalue weighted by Crippen LogP contribution is -2.66. The first-order valence-corrected chi connectivity index (χ1v) is 11.3. The van der Waals surface area contributed by atoms with Gasteiger partial charge in [0.05, 0.1) is 23.8 Å². The van der Waals surface area contributed by atoms with E-state index < -0.39 is 29.4 Å². The molecule has 2 aliphatic heterocycles. The van der Waals surface area contributed by atoms with Crippen molar-refractivity contribution >= 4 is 6.03 Å². The van der Waals surface area contributed by atoms with E-state index in [1.807, 2.05) is 18.2 Å². The number of urea groups is 1. The minimum atomic E-state index is -4.40. The van der Waals surface area contributed by atoms with Gasteiger partial charge in [0, 0.05) is 25.7 Å². The van der Waals surface area contributed by atoms with Gasteiger partial charge in [0.2, 0.25) is 0 Å². The number of amides is 2. The molecule has 4 atom stereocenters. The number of piperidine rings is 1. The number of nitrogens with two attached hydrogens (primary N) is 1. The molecule has 0 radical (unpaired) electrons. The van der Waals surface area contributed by atoms with Gasteiger partial charge in [0.1, 0.15) is 0 Å². The molecule has 2 amide bonds. The first-order chi connectivity index (χ1) is 15.6. The third-order valence-corrected chi connectivity index (χ3v) is 7.04. The van der Waals surface area contributed by atoms with Crippen LogP contribution in [0.5, 0.6) is 0 Å². The smallest absolute Gasteiger partial charge is 0.372 e. The number of alkyl halides is 3. The Bertz CT molecular complexity index is 998. The molecule has 0 spiro atoms. The molecule has 2 fully saturated rings. The number of carbonyl (C=O) groups is 1. The second-order valence-corrected chi connectivity index (χ2v) is 9.15. The maximum absolute atomic E-state index is 13.3. The molecule has 0 aromatic heterocycles. The summed E-state index contributed by atoms with van der Waals surface area (Å²) >= 11 is 0. The van der Waals surface area contributed by atoms with Gasteiger partial charge in [-0.1, -0.05) is 42.0 Å². The van der Waals surface area contributed by atoms with Gasteiger partial charge in [0.25, 0.3) is 0 Å². The number of benzene rings is 2. The Kier molecular flexibility index (Phi) is 6.42. The van der Waals surface area contributed by atoms with E-state index in [0.717, 1.165) is 24.5 Å². The summed E-state index contributed by atoms with van der Waals surface area (Å²) in [5.74, 6) is 0. The molecule has 1 unspecified atom stereocenters. The van der Waals surface area contributed by atoms with Crippen LogP contribution in [-0.2, 0) is 16.5 Å². The SMILES string of the molecule is Cc1cc([C@@H](C)OC[C@@]2(c3ccccc3)CC[C@@H]3CN2CCN3C(N)=O)cc(C(F)(F)F)c1. The van der Waals surface area contributed by atoms with Crippen molar-refractivity contribution in [2.75, 3.05) is 26.2 Å². The number of halogens is 3. The molecular formula is C25H30F3N3O2. The number of primary amides is 1. The zero-order chi connectivity index (χ0) is 23.8. The molecule has 2 aromatic rings. The number of hydrogen-bond donors (Lipinski definition) is 1. The van der Waals surface area contributed by atoms with Crippen LogP contribution >= 0.6 is 0 Å². The van der Waals surface area contributed by atoms with E-state index in [1.54, 1.807) is 24.8 Å². The van der Waals surface area contributed by atoms with E-state index in [2.05, 4.69) is 17.0 Å². The average Bonchev–Trinajstić information content (AvgIpc) is 2.78. The number of carbonyl (C=O) groups excluding carboxylic acids is 1. The van der Waals surface area contributed by atoms with Gasteiger partial charge in [0.15, 0.2) is 0 Å². The van der Waals surface area contributed by atoms with Crippen LogP contribution in [0.3, 0.4) is 0 Å². The molecule has 4 rings (SSSR count). The Morgan fingerprint density at radius 1 is 1.21 bits per heavy atom. The molecule has 33 heavy (non-hydrogen) atoms. The fraction of sp³-hybridized carbons (Fsp3) is 0.480. The Hall–Kier alpha value is -2.58. The Morgan fingerprint density at radius 3 is 2.61 bits per heavy atom. The summed E-state index contributed by atoms with van der Waals surface area (Å²) in [4.78, 5) is 15.9. The summed E-state index contributed by atoms with van der Waals surface area (Å²) in [5, 5.41) is 0. The lowest BCUT2D eigenvalue weighted by atomic mass is 9.78. The number of ether oxygens (including phenoxy) is 1. The number of piperazine rings is 1. The highest BCUT2D eigenvalue weighted by Crippen LogP contribution is 2.42. The van der Waals surface area contributed by atoms with E-state index in [4.69, 9.17) is 10.5 Å². The van der Waals surface area contributed by atoms with Gasteiger partial charge in [-0.15, -0.1) is 0 Å². The number of fused-ring (bicyclic) bond motifs is 2. The van der Waals surface area contributed by atoms with E-state index in [-0.39, 0.29) is 6.04 Å². The summed E-state index contributed by atoms with van der Waals surface area (Å²) in [5.41, 5.74) is 6.67. The molecule has 2 aliphatic rings. The predicted molar refractivity (Wildman–Crippen MR) is 120 cm³/mol. The second kappa shape index (κ2) is 8.99. The van der Waals surface area contributed by atoms with E-state index >= 15 is 0 Å². The van der Waals surface area contributed by atoms with Crippen LogP contribution in [0.25, 0.3) is 0 Å². The molecule has 0 saturated carbocycles. The topological polar surface area (TPSA) is 58.8 Å². The van der Waals surface area contributed by atoms with Crippen molar-refractivity contribution < 1.29 is 22.7 Å². The monoisotopic (exact) mass is 461 g/mol. The number of nitrogens with zero attached hydrogens (tertiary/aromatic N) is 2. The van der Waals surface area contributed by atoms with Gasteiger partial charge in [-0.25, -0.2) is 4.79 Å². The summed E-state index contributed by atoms with van der Waals surface area (Å²) < 4.78 is 46.2. The maximum Gasteiger partial charge on any atom is 0.416 e. The molecule has 2 bridgehead atoms. The number of rotatable bonds is 5. The van der Waals surface area contributed by atoms with Gasteiger partial charge in [-0.05, 0) is 49.9 Å². The molecule has 2 aromatic carbocycles. The quantitative estimate of drug-likeness (QED) is 0.693. The first kappa shape index (κ1) is 23.6. The minimum Gasteiger partial charge on any atom is -0.372 e. The Balaban J connectivity index is 1.58. The molecule has 2 heterocycles. The van der Waals surface area contributed by atoms with Gasteiger partial charge in [-0.2, -0.15) is 13.2 Å². The van der Waals surface area contributed by atoms with E-state index in [1.165, 1.54) is 6.07 Å². The third kappa shape index (κ3) is 4.73. The van der Waals surface area contributed by atoms with Crippen molar-refractivity contribution in [1.82, 2.24) is 9.80 Å². The van der Waals surface area contributed by atoms with Crippen LogP contribution in [-0.4, -0.2) is 48.1 Å². The maximum atomic E-state index is 13.3. The predicted octanol–water partition coefficient (Wildman–Crippen LogP) is 4.85. The highest BCUT2D eigenvalue weighted by Gasteiger charge is 2.47. The molecule has 2 saturated heterocycles. The van der Waals surface area contributed by atoms with Crippen LogP contribution in [0.2, 0.25) is 0 Å². The van der Waals surface area contributed by atoms with E-state index in [9.17, 15) is 18.0 Å². The summed E-state index contributed by atoms with van der Waals surface area (Å²) in [6, 6.07) is 13.8. The van der Waals surface area contributed by atoms with Crippen molar-refractivity contribution in [3.05, 3.63) is 70.8 Å². The van der Waals surface area contributed by atoms with Crippen molar-refractivity contribution in [3.63, 3.8) is 0 Å². The Labute approximate surface area is 192 Å². The van der Waals surface area contributed by atoms with Crippen LogP contribution in [0, 0.1) is 6.92 Å². The van der Waals surface area contributed by atoms with Gasteiger partial charge < -0.3 is 15.4 Å². The Morgan fingerprint density at radius 2 is 1.94 bits per heavy atom. The number of hydrogen-bond acceptors (Lipinski definition) is 3. The van der Waals surface area contributed by atoms with Crippen molar-refractivity contribution in [2.45, 2.75) is 50.6 Å². The molecule has 2 N–H and O–H groups in total. The normalized spacial score (nSPS) is 26.2. The summed E-state index contributed by atoms with van der Waals surface area (Å²) in [6.07, 6.45) is -3.35. The van der Waals surface area contributed by atoms with Gasteiger partial charge >= 0.3 is 12.2 Å². The van der Waals surface area contributed by atoms with Crippen LogP contribution in [0.15, 0.2) is 48.5 Å². The lowest BCUT2D eigenvalue weighted by Gasteiger charge is -2.55. The van der Waals surface area contributed by atoms with Crippen LogP contribution in [0.4, 0.5) is 18.0 Å². The third-order valence-electron chi connectivity index (χ3n) is 7.04. The fourth-order valence-electron chi connectivity index (χ4n) is 5.24. The molecule has 0 aliphatic carbocycles. The lowest BCUT2D eigenvalue weighted by molar-refractivity contribution is -0.137. The fourth-order valence-corrected chi connectivity index (χ4v) is 5.24. The highest BCUT2D eigenvalue weighted by molar-refractivity contribution is 5.72. The minimum absolute atomic E-state index is 0.0663. The second-order valence-electron chi connectivity index (χ2n) is 9.15. The van der Waals surface area contributed by atoms with Crippen LogP contribution in [0.1, 0.15) is 48.1 Å². The highest BCUT2D eigenvalue weighted by atomic mass is 19.4. The van der Waals surface area contributed by atoms with Gasteiger partial charge in [-0.3, -0.25) is 4.90 Å². The molecule has 8 heteroatoms. The van der Waals surface area contributed by atoms with Crippen molar-refractivity contribution in [2.24, 2.45) is 5.73 Å². The largest absolute Gasteiger partial charge is 0.416 e. The zero-order valence-corrected chi connectivity index (χ0v) is 18.9. The molecule has 178 valence electrons. The van der Waals surface area contributed by atoms with Crippen LogP contribution < -0.4 is 5.73 Å². The molecule has 5 nitrogen and oxygen atoms in total. The average molecular weight is 462 g/mol. The zero-order valence-electron chi connectivity index (χ0n) is 18.9. The van der Waals surface area contributed by atoms with Crippen molar-refractivity contribution in [1.29, 1.82) is 0 Å². The van der Waals surface area contributed by atoms with E-state index in [0.29, 0.717) is 37.4 Å². The summed E-state index contributed by atoms with van der Waals surface area (Å²) in [6.45, 7) is 5.71. The summed E-state index contributed by atoms with van der Waals surface area (Å²) in [7, 11) is 0. The first-order valence-electron chi connectivity index (χ1n) is 11.3. The number of aryl methyl sites for hydroxylation is 1. The standard InChI is InChI=1S/C25H30F3N3O2/c1-17-12-19(14-21(13-17)25(26,27)28)18(2)33-16-24(20-6-4-3-5-7-20)9-8-22-15-30(24)10-11-31(22)23(29)32/h3-7,12-14,18,22H,8-11,15-16H2,1-2H3,(H2,29,32)/t18-,22-,24-/m1/s1. The molecular weight excluding hydrogens is 431 g/mol. The van der Waals surface area contributed by atoms with Crippen molar-refractivity contribution in [3.8, 4) is 0 Å².